The van der Waals surface area contributed by atoms with Crippen LogP contribution >= 0.6 is 0 Å². The zero-order chi connectivity index (χ0) is 11.0. The largest absolute Gasteiger partial charge is 0.318 e. The Bertz CT molecular complexity index is 475. The summed E-state index contributed by atoms with van der Waals surface area (Å²) in [5.74, 6) is 0. The van der Waals surface area contributed by atoms with Crippen LogP contribution in [0.15, 0.2) is 30.3 Å². The SMILES string of the molecule is Cc1ccc(-n2c(C)cc(C)c2C)cc1. The normalized spacial score (nSPS) is 10.7. The van der Waals surface area contributed by atoms with Gasteiger partial charge in [0.1, 0.15) is 0 Å². The van der Waals surface area contributed by atoms with Crippen molar-refractivity contribution in [2.45, 2.75) is 27.7 Å². The van der Waals surface area contributed by atoms with Crippen molar-refractivity contribution < 1.29 is 0 Å². The van der Waals surface area contributed by atoms with Crippen molar-refractivity contribution >= 4 is 0 Å². The van der Waals surface area contributed by atoms with E-state index in [2.05, 4.69) is 62.6 Å². The molecule has 0 amide bonds. The van der Waals surface area contributed by atoms with E-state index in [1.807, 2.05) is 0 Å². The first-order valence-corrected chi connectivity index (χ1v) is 5.32. The maximum absolute atomic E-state index is 2.30. The highest BCUT2D eigenvalue weighted by atomic mass is 15.0. The molecule has 0 radical (unpaired) electrons. The van der Waals surface area contributed by atoms with E-state index in [-0.39, 0.29) is 0 Å². The molecule has 0 saturated carbocycles. The third kappa shape index (κ3) is 1.70. The van der Waals surface area contributed by atoms with E-state index in [4.69, 9.17) is 0 Å². The number of hydrogen-bond acceptors (Lipinski definition) is 0. The molecule has 2 rings (SSSR count). The molecule has 1 nitrogen and oxygen atoms in total. The van der Waals surface area contributed by atoms with Crippen LogP contribution in [0.25, 0.3) is 5.69 Å². The summed E-state index contributed by atoms with van der Waals surface area (Å²) in [6.45, 7) is 8.60. The van der Waals surface area contributed by atoms with Gasteiger partial charge in [0.25, 0.3) is 0 Å². The average Bonchev–Trinajstić information content (AvgIpc) is 2.44. The van der Waals surface area contributed by atoms with E-state index in [0.717, 1.165) is 0 Å². The molecule has 0 atom stereocenters. The van der Waals surface area contributed by atoms with Crippen LogP contribution in [-0.4, -0.2) is 4.57 Å². The van der Waals surface area contributed by atoms with Crippen LogP contribution < -0.4 is 0 Å². The zero-order valence-corrected chi connectivity index (χ0v) is 9.83. The number of aromatic nitrogens is 1. The molecule has 0 aliphatic heterocycles. The zero-order valence-electron chi connectivity index (χ0n) is 9.83. The smallest absolute Gasteiger partial charge is 0.0455 e. The predicted octanol–water partition coefficient (Wildman–Crippen LogP) is 3.71. The fraction of sp³-hybridized carbons (Fsp3) is 0.286. The van der Waals surface area contributed by atoms with E-state index in [0.29, 0.717) is 0 Å². The minimum atomic E-state index is 1.25. The van der Waals surface area contributed by atoms with Gasteiger partial charge in [-0.15, -0.1) is 0 Å². The van der Waals surface area contributed by atoms with Crippen LogP contribution in [0, 0.1) is 27.7 Å². The average molecular weight is 199 g/mol. The summed E-state index contributed by atoms with van der Waals surface area (Å²) in [4.78, 5) is 0. The molecule has 1 heteroatoms. The maximum Gasteiger partial charge on any atom is 0.0455 e. The fourth-order valence-electron chi connectivity index (χ4n) is 2.01. The first kappa shape index (κ1) is 10.0. The predicted molar refractivity (Wildman–Crippen MR) is 64.7 cm³/mol. The van der Waals surface area contributed by atoms with Crippen molar-refractivity contribution in [1.29, 1.82) is 0 Å². The van der Waals surface area contributed by atoms with Crippen LogP contribution in [-0.2, 0) is 0 Å². The summed E-state index contributed by atoms with van der Waals surface area (Å²) in [5.41, 5.74) is 6.54. The van der Waals surface area contributed by atoms with Crippen LogP contribution in [0.3, 0.4) is 0 Å². The third-order valence-electron chi connectivity index (χ3n) is 2.98. The van der Waals surface area contributed by atoms with Gasteiger partial charge in [-0.3, -0.25) is 0 Å². The van der Waals surface area contributed by atoms with E-state index in [9.17, 15) is 0 Å². The topological polar surface area (TPSA) is 4.93 Å². The first-order chi connectivity index (χ1) is 7.09. The van der Waals surface area contributed by atoms with Gasteiger partial charge in [0.05, 0.1) is 0 Å². The van der Waals surface area contributed by atoms with Gasteiger partial charge in [0, 0.05) is 17.1 Å². The lowest BCUT2D eigenvalue weighted by molar-refractivity contribution is 0.959. The van der Waals surface area contributed by atoms with Gasteiger partial charge in [-0.2, -0.15) is 0 Å². The van der Waals surface area contributed by atoms with Gasteiger partial charge in [0.15, 0.2) is 0 Å². The summed E-state index contributed by atoms with van der Waals surface area (Å²) in [7, 11) is 0. The fourth-order valence-corrected chi connectivity index (χ4v) is 2.01. The molecule has 0 fully saturated rings. The van der Waals surface area contributed by atoms with Crippen molar-refractivity contribution in [3.8, 4) is 5.69 Å². The molecule has 15 heavy (non-hydrogen) atoms. The second-order valence-electron chi connectivity index (χ2n) is 4.23. The Morgan fingerprint density at radius 3 is 1.93 bits per heavy atom. The van der Waals surface area contributed by atoms with Gasteiger partial charge in [-0.25, -0.2) is 0 Å². The van der Waals surface area contributed by atoms with Gasteiger partial charge >= 0.3 is 0 Å². The lowest BCUT2D eigenvalue weighted by atomic mass is 10.2. The number of benzene rings is 1. The number of aryl methyl sites for hydroxylation is 3. The molecule has 0 N–H and O–H groups in total. The molecule has 78 valence electrons. The molecule has 1 aromatic heterocycles. The van der Waals surface area contributed by atoms with Crippen LogP contribution in [0.2, 0.25) is 0 Å². The Labute approximate surface area is 91.4 Å². The molecule has 0 unspecified atom stereocenters. The quantitative estimate of drug-likeness (QED) is 0.659. The second kappa shape index (κ2) is 3.58. The standard InChI is InChI=1S/C14H17N/c1-10-5-7-14(8-6-10)15-12(3)9-11(2)13(15)4/h5-9H,1-4H3. The minimum absolute atomic E-state index is 1.25. The van der Waals surface area contributed by atoms with Gasteiger partial charge in [-0.1, -0.05) is 17.7 Å². The molecule has 1 heterocycles. The van der Waals surface area contributed by atoms with E-state index in [1.165, 1.54) is 28.2 Å². The summed E-state index contributed by atoms with van der Waals surface area (Å²) in [6.07, 6.45) is 0. The molecule has 0 saturated heterocycles. The maximum atomic E-state index is 2.30. The number of rotatable bonds is 1. The van der Waals surface area contributed by atoms with Crippen LogP contribution in [0.4, 0.5) is 0 Å². The van der Waals surface area contributed by atoms with Crippen molar-refractivity contribution in [1.82, 2.24) is 4.57 Å². The molecular formula is C14H17N. The highest BCUT2D eigenvalue weighted by Gasteiger charge is 2.06. The molecule has 1 aromatic carbocycles. The molecule has 0 spiro atoms. The van der Waals surface area contributed by atoms with Crippen LogP contribution in [0.1, 0.15) is 22.5 Å². The monoisotopic (exact) mass is 199 g/mol. The van der Waals surface area contributed by atoms with Crippen molar-refractivity contribution in [3.63, 3.8) is 0 Å². The molecular weight excluding hydrogens is 182 g/mol. The van der Waals surface area contributed by atoms with Gasteiger partial charge in [-0.05, 0) is 51.5 Å². The highest BCUT2D eigenvalue weighted by molar-refractivity contribution is 5.41. The lowest BCUT2D eigenvalue weighted by Crippen LogP contribution is -1.98. The van der Waals surface area contributed by atoms with E-state index in [1.54, 1.807) is 0 Å². The van der Waals surface area contributed by atoms with Crippen molar-refractivity contribution in [2.75, 3.05) is 0 Å². The third-order valence-corrected chi connectivity index (χ3v) is 2.98. The summed E-state index contributed by atoms with van der Waals surface area (Å²) >= 11 is 0. The number of nitrogens with zero attached hydrogens (tertiary/aromatic N) is 1. The van der Waals surface area contributed by atoms with Crippen LogP contribution in [0.5, 0.6) is 0 Å². The van der Waals surface area contributed by atoms with E-state index < -0.39 is 0 Å². The molecule has 0 bridgehead atoms. The van der Waals surface area contributed by atoms with Gasteiger partial charge in [0.2, 0.25) is 0 Å². The summed E-state index contributed by atoms with van der Waals surface area (Å²) < 4.78 is 2.30. The molecule has 2 aromatic rings. The van der Waals surface area contributed by atoms with E-state index >= 15 is 0 Å². The Hall–Kier alpha value is -1.50. The van der Waals surface area contributed by atoms with Crippen molar-refractivity contribution in [3.05, 3.63) is 52.8 Å². The lowest BCUT2D eigenvalue weighted by Gasteiger charge is -2.09. The summed E-state index contributed by atoms with van der Waals surface area (Å²) in [5, 5.41) is 0. The minimum Gasteiger partial charge on any atom is -0.318 e. The number of hydrogen-bond donors (Lipinski definition) is 0. The molecule has 0 aliphatic carbocycles. The first-order valence-electron chi connectivity index (χ1n) is 5.32. The Balaban J connectivity index is 2.58. The molecule has 0 aliphatic rings. The van der Waals surface area contributed by atoms with Gasteiger partial charge < -0.3 is 4.57 Å². The second-order valence-corrected chi connectivity index (χ2v) is 4.23. The Morgan fingerprint density at radius 1 is 0.867 bits per heavy atom. The Morgan fingerprint density at radius 2 is 1.47 bits per heavy atom. The van der Waals surface area contributed by atoms with Crippen molar-refractivity contribution in [2.24, 2.45) is 0 Å². The highest BCUT2D eigenvalue weighted by Crippen LogP contribution is 2.20. The summed E-state index contributed by atoms with van der Waals surface area (Å²) in [6, 6.07) is 10.9. The Kier molecular flexibility index (Phi) is 2.39.